The third-order valence-electron chi connectivity index (χ3n) is 3.77. The molecule has 1 saturated carbocycles. The number of carboxylic acids is 1. The van der Waals surface area contributed by atoms with E-state index >= 15 is 0 Å². The smallest absolute Gasteiger partial charge is 0.326 e. The number of nitrogens with one attached hydrogen (secondary N) is 1. The molecular formula is C18H25ClN2O5. The zero-order valence-electron chi connectivity index (χ0n) is 15.3. The number of carbonyl (C=O) groups excluding carboxylic acids is 1. The quantitative estimate of drug-likeness (QED) is 0.679. The van der Waals surface area contributed by atoms with E-state index in [-0.39, 0.29) is 35.1 Å². The molecule has 1 unspecified atom stereocenters. The summed E-state index contributed by atoms with van der Waals surface area (Å²) >= 11 is 6.11. The van der Waals surface area contributed by atoms with Crippen LogP contribution >= 0.6 is 11.6 Å². The van der Waals surface area contributed by atoms with Gasteiger partial charge in [-0.3, -0.25) is 4.79 Å². The Morgan fingerprint density at radius 3 is 2.65 bits per heavy atom. The average molecular weight is 385 g/mol. The highest BCUT2D eigenvalue weighted by Gasteiger charge is 2.24. The maximum Gasteiger partial charge on any atom is 0.326 e. The van der Waals surface area contributed by atoms with E-state index in [9.17, 15) is 14.7 Å². The molecule has 1 heterocycles. The Labute approximate surface area is 158 Å². The van der Waals surface area contributed by atoms with Crippen LogP contribution in [0.25, 0.3) is 0 Å². The van der Waals surface area contributed by atoms with Gasteiger partial charge in [-0.05, 0) is 45.6 Å². The van der Waals surface area contributed by atoms with E-state index in [1.165, 1.54) is 12.3 Å². The molecule has 1 aromatic rings. The lowest BCUT2D eigenvalue weighted by Gasteiger charge is -2.21. The summed E-state index contributed by atoms with van der Waals surface area (Å²) in [6.45, 7) is 6.41. The second-order valence-corrected chi connectivity index (χ2v) is 7.79. The highest BCUT2D eigenvalue weighted by Crippen LogP contribution is 2.31. The highest BCUT2D eigenvalue weighted by molar-refractivity contribution is 6.32. The molecule has 0 saturated heterocycles. The molecule has 0 bridgehead atoms. The molecule has 2 N–H and O–H groups in total. The lowest BCUT2D eigenvalue weighted by Crippen LogP contribution is -2.42. The normalized spacial score (nSPS) is 15.4. The van der Waals surface area contributed by atoms with E-state index in [0.29, 0.717) is 12.5 Å². The fraction of sp³-hybridized carbons (Fsp3) is 0.611. The number of aromatic nitrogens is 1. The van der Waals surface area contributed by atoms with Gasteiger partial charge in [0.25, 0.3) is 5.91 Å². The number of pyridine rings is 1. The molecule has 1 aromatic heterocycles. The van der Waals surface area contributed by atoms with E-state index < -0.39 is 17.9 Å². The monoisotopic (exact) mass is 384 g/mol. The Hall–Kier alpha value is -1.86. The van der Waals surface area contributed by atoms with Crippen molar-refractivity contribution in [1.29, 1.82) is 0 Å². The summed E-state index contributed by atoms with van der Waals surface area (Å²) in [6, 6.07) is 0.367. The summed E-state index contributed by atoms with van der Waals surface area (Å²) in [5.74, 6) is -0.846. The van der Waals surface area contributed by atoms with E-state index in [2.05, 4.69) is 10.3 Å². The van der Waals surface area contributed by atoms with Gasteiger partial charge in [0.05, 0.1) is 17.8 Å². The fourth-order valence-corrected chi connectivity index (χ4v) is 2.34. The SMILES string of the molecule is CC(C)(C)OCCC(NC(=O)c1cnc(OCC2CC2)c(Cl)c1)C(=O)O. The molecule has 8 heteroatoms. The van der Waals surface area contributed by atoms with Gasteiger partial charge in [-0.2, -0.15) is 0 Å². The number of carbonyl (C=O) groups is 2. The summed E-state index contributed by atoms with van der Waals surface area (Å²) in [7, 11) is 0. The average Bonchev–Trinajstić information content (AvgIpc) is 3.35. The Balaban J connectivity index is 1.92. The van der Waals surface area contributed by atoms with Crippen LogP contribution in [-0.4, -0.2) is 46.8 Å². The summed E-state index contributed by atoms with van der Waals surface area (Å²) in [4.78, 5) is 27.7. The first kappa shape index (κ1) is 20.5. The van der Waals surface area contributed by atoms with Gasteiger partial charge in [0.1, 0.15) is 11.1 Å². The second-order valence-electron chi connectivity index (χ2n) is 7.38. The van der Waals surface area contributed by atoms with Crippen molar-refractivity contribution < 1.29 is 24.2 Å². The molecule has 1 amide bonds. The van der Waals surface area contributed by atoms with Crippen molar-refractivity contribution in [3.05, 3.63) is 22.8 Å². The van der Waals surface area contributed by atoms with Crippen LogP contribution < -0.4 is 10.1 Å². The zero-order chi connectivity index (χ0) is 19.3. The molecule has 1 aliphatic carbocycles. The molecule has 0 aromatic carbocycles. The van der Waals surface area contributed by atoms with E-state index in [0.717, 1.165) is 12.8 Å². The van der Waals surface area contributed by atoms with Crippen molar-refractivity contribution in [2.75, 3.05) is 13.2 Å². The van der Waals surface area contributed by atoms with Crippen LogP contribution in [0.3, 0.4) is 0 Å². The molecule has 1 aliphatic rings. The Bertz CT molecular complexity index is 655. The van der Waals surface area contributed by atoms with Crippen LogP contribution in [0.1, 0.15) is 50.4 Å². The highest BCUT2D eigenvalue weighted by atomic mass is 35.5. The second kappa shape index (κ2) is 8.68. The van der Waals surface area contributed by atoms with Crippen molar-refractivity contribution in [1.82, 2.24) is 10.3 Å². The molecule has 1 atom stereocenters. The Kier molecular flexibility index (Phi) is 6.83. The number of rotatable bonds is 9. The van der Waals surface area contributed by atoms with E-state index in [1.54, 1.807) is 0 Å². The van der Waals surface area contributed by atoms with Gasteiger partial charge >= 0.3 is 5.97 Å². The molecule has 0 spiro atoms. The molecule has 2 rings (SSSR count). The largest absolute Gasteiger partial charge is 0.480 e. The number of amides is 1. The minimum Gasteiger partial charge on any atom is -0.480 e. The Morgan fingerprint density at radius 2 is 2.12 bits per heavy atom. The van der Waals surface area contributed by atoms with E-state index in [1.807, 2.05) is 20.8 Å². The lowest BCUT2D eigenvalue weighted by molar-refractivity contribution is -0.140. The predicted molar refractivity (Wildman–Crippen MR) is 96.7 cm³/mol. The fourth-order valence-electron chi connectivity index (χ4n) is 2.12. The number of hydrogen-bond acceptors (Lipinski definition) is 5. The zero-order valence-corrected chi connectivity index (χ0v) is 16.0. The van der Waals surface area contributed by atoms with Crippen LogP contribution in [0.2, 0.25) is 5.02 Å². The number of ether oxygens (including phenoxy) is 2. The van der Waals surface area contributed by atoms with Crippen molar-refractivity contribution in [2.45, 2.75) is 51.7 Å². The van der Waals surface area contributed by atoms with Gasteiger partial charge in [-0.1, -0.05) is 11.6 Å². The first-order valence-electron chi connectivity index (χ1n) is 8.61. The summed E-state index contributed by atoms with van der Waals surface area (Å²) < 4.78 is 11.0. The number of aliphatic carboxylic acids is 1. The number of hydrogen-bond donors (Lipinski definition) is 2. The van der Waals surface area contributed by atoms with Gasteiger partial charge in [-0.15, -0.1) is 0 Å². The molecule has 0 radical (unpaired) electrons. The summed E-state index contributed by atoms with van der Waals surface area (Å²) in [6.07, 6.45) is 3.78. The van der Waals surface area contributed by atoms with Gasteiger partial charge in [0.2, 0.25) is 5.88 Å². The standard InChI is InChI=1S/C18H25ClN2O5/c1-18(2,3)26-7-6-14(17(23)24)21-15(22)12-8-13(19)16(20-9-12)25-10-11-4-5-11/h8-9,11,14H,4-7,10H2,1-3H3,(H,21,22)(H,23,24). The van der Waals surface area contributed by atoms with Crippen molar-refractivity contribution in [3.63, 3.8) is 0 Å². The van der Waals surface area contributed by atoms with Crippen LogP contribution in [0.15, 0.2) is 12.3 Å². The minimum atomic E-state index is -1.13. The summed E-state index contributed by atoms with van der Waals surface area (Å²) in [5.41, 5.74) is -0.197. The summed E-state index contributed by atoms with van der Waals surface area (Å²) in [5, 5.41) is 12.0. The minimum absolute atomic E-state index is 0.155. The third-order valence-corrected chi connectivity index (χ3v) is 4.04. The lowest BCUT2D eigenvalue weighted by atomic mass is 10.1. The molecular weight excluding hydrogens is 360 g/mol. The maximum atomic E-state index is 12.3. The number of nitrogens with zero attached hydrogens (tertiary/aromatic N) is 1. The van der Waals surface area contributed by atoms with Gasteiger partial charge in [0.15, 0.2) is 0 Å². The maximum absolute atomic E-state index is 12.3. The molecule has 144 valence electrons. The van der Waals surface area contributed by atoms with Gasteiger partial charge in [0, 0.05) is 19.2 Å². The number of halogens is 1. The Morgan fingerprint density at radius 1 is 1.42 bits per heavy atom. The van der Waals surface area contributed by atoms with Crippen molar-refractivity contribution in [3.8, 4) is 5.88 Å². The topological polar surface area (TPSA) is 97.8 Å². The first-order valence-corrected chi connectivity index (χ1v) is 8.99. The van der Waals surface area contributed by atoms with Gasteiger partial charge in [-0.25, -0.2) is 9.78 Å². The molecule has 7 nitrogen and oxygen atoms in total. The van der Waals surface area contributed by atoms with Crippen molar-refractivity contribution >= 4 is 23.5 Å². The van der Waals surface area contributed by atoms with Crippen LogP contribution in [0.4, 0.5) is 0 Å². The first-order chi connectivity index (χ1) is 12.2. The van der Waals surface area contributed by atoms with Crippen molar-refractivity contribution in [2.24, 2.45) is 5.92 Å². The van der Waals surface area contributed by atoms with Crippen LogP contribution in [-0.2, 0) is 9.53 Å². The third kappa shape index (κ3) is 6.80. The van der Waals surface area contributed by atoms with Crippen LogP contribution in [0.5, 0.6) is 5.88 Å². The molecule has 1 fully saturated rings. The molecule has 0 aliphatic heterocycles. The van der Waals surface area contributed by atoms with Gasteiger partial charge < -0.3 is 19.9 Å². The van der Waals surface area contributed by atoms with Crippen LogP contribution in [0, 0.1) is 5.92 Å². The molecule has 26 heavy (non-hydrogen) atoms. The number of carboxylic acid groups (broad SMARTS) is 1. The van der Waals surface area contributed by atoms with E-state index in [4.69, 9.17) is 21.1 Å². The predicted octanol–water partition coefficient (Wildman–Crippen LogP) is 2.91.